The van der Waals surface area contributed by atoms with Crippen molar-refractivity contribution in [3.63, 3.8) is 0 Å². The number of hydrogen-bond acceptors (Lipinski definition) is 4. The van der Waals surface area contributed by atoms with Crippen LogP contribution in [0.15, 0.2) is 60.1 Å². The van der Waals surface area contributed by atoms with Gasteiger partial charge in [0, 0.05) is 59.4 Å². The summed E-state index contributed by atoms with van der Waals surface area (Å²) in [5, 5.41) is 1.14. The summed E-state index contributed by atoms with van der Waals surface area (Å²) < 4.78 is 0. The van der Waals surface area contributed by atoms with Crippen LogP contribution in [0.2, 0.25) is 0 Å². The van der Waals surface area contributed by atoms with Gasteiger partial charge in [-0.15, -0.1) is 11.8 Å². The standard InChI is InChI=1S/C24H30N4S/c1-18(20-7-3-4-8-24(20)29-2)28-14-12-27(13-15-28)11-5-6-19-9-10-23-21(16-19)22(25)17-26-23/h3-4,7-10,16-17,26H,1,5-6,11-15,25H2,2H3. The molecule has 0 aliphatic carbocycles. The molecule has 0 bridgehead atoms. The van der Waals surface area contributed by atoms with Gasteiger partial charge in [-0.1, -0.05) is 30.8 Å². The van der Waals surface area contributed by atoms with Crippen LogP contribution in [0.3, 0.4) is 0 Å². The number of aromatic amines is 1. The Morgan fingerprint density at radius 2 is 1.93 bits per heavy atom. The first-order chi connectivity index (χ1) is 14.2. The fourth-order valence-electron chi connectivity index (χ4n) is 4.15. The van der Waals surface area contributed by atoms with Crippen molar-refractivity contribution in [2.75, 3.05) is 44.7 Å². The largest absolute Gasteiger partial charge is 0.397 e. The zero-order valence-electron chi connectivity index (χ0n) is 17.2. The average Bonchev–Trinajstić information content (AvgIpc) is 3.14. The first-order valence-electron chi connectivity index (χ1n) is 10.3. The third-order valence-electron chi connectivity index (χ3n) is 5.89. The number of benzene rings is 2. The van der Waals surface area contributed by atoms with Crippen LogP contribution >= 0.6 is 11.8 Å². The number of nitrogens with zero attached hydrogens (tertiary/aromatic N) is 2. The summed E-state index contributed by atoms with van der Waals surface area (Å²) >= 11 is 1.79. The van der Waals surface area contributed by atoms with Crippen molar-refractivity contribution in [2.45, 2.75) is 17.7 Å². The van der Waals surface area contributed by atoms with Crippen LogP contribution in [-0.2, 0) is 6.42 Å². The van der Waals surface area contributed by atoms with Crippen LogP contribution in [-0.4, -0.2) is 53.8 Å². The van der Waals surface area contributed by atoms with Crippen molar-refractivity contribution >= 4 is 34.0 Å². The van der Waals surface area contributed by atoms with Gasteiger partial charge < -0.3 is 15.6 Å². The molecular weight excluding hydrogens is 376 g/mol. The highest BCUT2D eigenvalue weighted by Crippen LogP contribution is 2.28. The van der Waals surface area contributed by atoms with E-state index in [1.807, 2.05) is 6.20 Å². The van der Waals surface area contributed by atoms with Gasteiger partial charge in [-0.25, -0.2) is 0 Å². The van der Waals surface area contributed by atoms with E-state index >= 15 is 0 Å². The van der Waals surface area contributed by atoms with E-state index in [9.17, 15) is 0 Å². The Kier molecular flexibility index (Phi) is 6.16. The van der Waals surface area contributed by atoms with Gasteiger partial charge in [0.05, 0.1) is 5.69 Å². The highest BCUT2D eigenvalue weighted by Gasteiger charge is 2.19. The third-order valence-corrected chi connectivity index (χ3v) is 6.69. The number of nitrogen functional groups attached to an aromatic ring is 1. The normalized spacial score (nSPS) is 15.1. The monoisotopic (exact) mass is 406 g/mol. The van der Waals surface area contributed by atoms with E-state index in [-0.39, 0.29) is 0 Å². The highest BCUT2D eigenvalue weighted by molar-refractivity contribution is 7.98. The van der Waals surface area contributed by atoms with Crippen LogP contribution in [0.4, 0.5) is 5.69 Å². The Morgan fingerprint density at radius 3 is 2.72 bits per heavy atom. The van der Waals surface area contributed by atoms with Gasteiger partial charge in [-0.05, 0) is 49.4 Å². The number of thioether (sulfide) groups is 1. The van der Waals surface area contributed by atoms with Gasteiger partial charge in [-0.2, -0.15) is 0 Å². The van der Waals surface area contributed by atoms with Gasteiger partial charge in [-0.3, -0.25) is 4.90 Å². The Labute approximate surface area is 177 Å². The van der Waals surface area contributed by atoms with Gasteiger partial charge in [0.25, 0.3) is 0 Å². The van der Waals surface area contributed by atoms with Crippen molar-refractivity contribution in [3.8, 4) is 0 Å². The first-order valence-corrected chi connectivity index (χ1v) is 11.5. The summed E-state index contributed by atoms with van der Waals surface area (Å²) in [4.78, 5) is 9.53. The molecule has 5 heteroatoms. The second kappa shape index (κ2) is 8.97. The molecule has 0 spiro atoms. The number of anilines is 1. The van der Waals surface area contributed by atoms with E-state index in [0.717, 1.165) is 61.4 Å². The summed E-state index contributed by atoms with van der Waals surface area (Å²) in [6.45, 7) is 9.84. The quantitative estimate of drug-likeness (QED) is 0.559. The van der Waals surface area contributed by atoms with Crippen molar-refractivity contribution in [2.24, 2.45) is 0 Å². The SMILES string of the molecule is C=C(c1ccccc1SC)N1CCN(CCCc2ccc3[nH]cc(N)c3c2)CC1. The molecular formula is C24H30N4S. The molecule has 1 aliphatic heterocycles. The van der Waals surface area contributed by atoms with E-state index in [0.29, 0.717) is 0 Å². The first kappa shape index (κ1) is 19.9. The minimum absolute atomic E-state index is 0.834. The second-order valence-electron chi connectivity index (χ2n) is 7.70. The van der Waals surface area contributed by atoms with E-state index in [2.05, 4.69) is 70.1 Å². The summed E-state index contributed by atoms with van der Waals surface area (Å²) in [6, 6.07) is 15.2. The molecule has 2 heterocycles. The fourth-order valence-corrected chi connectivity index (χ4v) is 4.77. The molecule has 3 N–H and O–H groups in total. The van der Waals surface area contributed by atoms with E-state index in [1.54, 1.807) is 11.8 Å². The van der Waals surface area contributed by atoms with Gasteiger partial charge in [0.15, 0.2) is 0 Å². The molecule has 0 unspecified atom stereocenters. The molecule has 29 heavy (non-hydrogen) atoms. The maximum atomic E-state index is 6.04. The summed E-state index contributed by atoms with van der Waals surface area (Å²) in [5.41, 5.74) is 11.8. The fraction of sp³-hybridized carbons (Fsp3) is 0.333. The summed E-state index contributed by atoms with van der Waals surface area (Å²) in [5.74, 6) is 0. The second-order valence-corrected chi connectivity index (χ2v) is 8.55. The third kappa shape index (κ3) is 4.46. The summed E-state index contributed by atoms with van der Waals surface area (Å²) in [6.07, 6.45) is 6.27. The number of nitrogens with two attached hydrogens (primary N) is 1. The maximum Gasteiger partial charge on any atom is 0.0571 e. The van der Waals surface area contributed by atoms with Crippen molar-refractivity contribution < 1.29 is 0 Å². The molecule has 0 radical (unpaired) electrons. The minimum atomic E-state index is 0.834. The predicted octanol–water partition coefficient (Wildman–Crippen LogP) is 4.69. The lowest BCUT2D eigenvalue weighted by Gasteiger charge is -2.37. The van der Waals surface area contributed by atoms with E-state index < -0.39 is 0 Å². The topological polar surface area (TPSA) is 48.3 Å². The molecule has 1 saturated heterocycles. The van der Waals surface area contributed by atoms with Crippen LogP contribution in [0, 0.1) is 0 Å². The zero-order valence-corrected chi connectivity index (χ0v) is 18.0. The lowest BCUT2D eigenvalue weighted by Crippen LogP contribution is -2.45. The number of aryl methyl sites for hydroxylation is 1. The summed E-state index contributed by atoms with van der Waals surface area (Å²) in [7, 11) is 0. The molecule has 1 aliphatic rings. The molecule has 4 nitrogen and oxygen atoms in total. The van der Waals surface area contributed by atoms with E-state index in [1.165, 1.54) is 22.4 Å². The van der Waals surface area contributed by atoms with Crippen LogP contribution < -0.4 is 5.73 Å². The molecule has 4 rings (SSSR count). The molecule has 1 fully saturated rings. The number of aromatic nitrogens is 1. The molecule has 0 atom stereocenters. The lowest BCUT2D eigenvalue weighted by atomic mass is 10.1. The van der Waals surface area contributed by atoms with Gasteiger partial charge >= 0.3 is 0 Å². The minimum Gasteiger partial charge on any atom is -0.397 e. The van der Waals surface area contributed by atoms with E-state index in [4.69, 9.17) is 5.73 Å². The molecule has 152 valence electrons. The van der Waals surface area contributed by atoms with Crippen LogP contribution in [0.25, 0.3) is 16.6 Å². The number of rotatable bonds is 7. The average molecular weight is 407 g/mol. The molecule has 1 aromatic heterocycles. The zero-order chi connectivity index (χ0) is 20.2. The molecule has 3 aromatic rings. The van der Waals surface area contributed by atoms with Crippen molar-refractivity contribution in [1.82, 2.24) is 14.8 Å². The van der Waals surface area contributed by atoms with Crippen molar-refractivity contribution in [1.29, 1.82) is 0 Å². The molecule has 0 amide bonds. The van der Waals surface area contributed by atoms with Gasteiger partial charge in [0.1, 0.15) is 0 Å². The van der Waals surface area contributed by atoms with Crippen LogP contribution in [0.5, 0.6) is 0 Å². The lowest BCUT2D eigenvalue weighted by molar-refractivity contribution is 0.174. The predicted molar refractivity (Wildman–Crippen MR) is 126 cm³/mol. The number of nitrogens with one attached hydrogen (secondary N) is 1. The van der Waals surface area contributed by atoms with Crippen LogP contribution in [0.1, 0.15) is 17.5 Å². The Hall–Kier alpha value is -2.37. The number of H-pyrrole nitrogens is 1. The smallest absolute Gasteiger partial charge is 0.0571 e. The number of piperazine rings is 1. The van der Waals surface area contributed by atoms with Gasteiger partial charge in [0.2, 0.25) is 0 Å². The van der Waals surface area contributed by atoms with Crippen molar-refractivity contribution in [3.05, 3.63) is 66.4 Å². The Balaban J connectivity index is 1.26. The highest BCUT2D eigenvalue weighted by atomic mass is 32.2. The maximum absolute atomic E-state index is 6.04. The molecule has 2 aromatic carbocycles. The Morgan fingerprint density at radius 1 is 1.14 bits per heavy atom. The molecule has 0 saturated carbocycles. The Bertz CT molecular complexity index is 985. The number of hydrogen-bond donors (Lipinski definition) is 2. The number of fused-ring (bicyclic) bond motifs is 1.